The highest BCUT2D eigenvalue weighted by atomic mass is 35.5. The summed E-state index contributed by atoms with van der Waals surface area (Å²) in [5.41, 5.74) is 1.08. The molecule has 0 aliphatic carbocycles. The van der Waals surface area contributed by atoms with E-state index in [1.165, 1.54) is 0 Å². The van der Waals surface area contributed by atoms with Crippen LogP contribution in [0.5, 0.6) is 5.75 Å². The summed E-state index contributed by atoms with van der Waals surface area (Å²) in [5.74, 6) is 0.766. The highest BCUT2D eigenvalue weighted by Gasteiger charge is 2.41. The fourth-order valence-corrected chi connectivity index (χ4v) is 2.44. The lowest BCUT2D eigenvalue weighted by atomic mass is 9.92. The summed E-state index contributed by atoms with van der Waals surface area (Å²) < 4.78 is 17.4. The smallest absolute Gasteiger partial charge is 0.194 e. The monoisotopic (exact) mass is 298 g/mol. The summed E-state index contributed by atoms with van der Waals surface area (Å²) in [7, 11) is 1.66. The van der Waals surface area contributed by atoms with Crippen molar-refractivity contribution < 1.29 is 14.2 Å². The molecule has 1 aromatic carbocycles. The van der Waals surface area contributed by atoms with Crippen molar-refractivity contribution in [1.82, 2.24) is 0 Å². The second kappa shape index (κ2) is 6.33. The van der Waals surface area contributed by atoms with Crippen LogP contribution in [0.1, 0.15) is 32.3 Å². The van der Waals surface area contributed by atoms with Crippen molar-refractivity contribution in [3.8, 4) is 5.75 Å². The minimum Gasteiger partial charge on any atom is -0.497 e. The normalized spacial score (nSPS) is 20.6. The van der Waals surface area contributed by atoms with Crippen molar-refractivity contribution >= 4 is 11.6 Å². The topological polar surface area (TPSA) is 27.7 Å². The van der Waals surface area contributed by atoms with E-state index in [2.05, 4.69) is 13.8 Å². The van der Waals surface area contributed by atoms with Gasteiger partial charge >= 0.3 is 0 Å². The lowest BCUT2D eigenvalue weighted by Gasteiger charge is -2.44. The lowest BCUT2D eigenvalue weighted by molar-refractivity contribution is -0.311. The Morgan fingerprint density at radius 3 is 2.25 bits per heavy atom. The number of hydrogen-bond acceptors (Lipinski definition) is 3. The van der Waals surface area contributed by atoms with Crippen LogP contribution in [0.15, 0.2) is 24.3 Å². The van der Waals surface area contributed by atoms with Gasteiger partial charge in [-0.1, -0.05) is 13.8 Å². The van der Waals surface area contributed by atoms with Gasteiger partial charge in [0.15, 0.2) is 5.79 Å². The van der Waals surface area contributed by atoms with Gasteiger partial charge in [0.1, 0.15) is 5.75 Å². The molecular formula is C16H23ClO3. The predicted octanol–water partition coefficient (Wildman–Crippen LogP) is 3.94. The van der Waals surface area contributed by atoms with E-state index in [9.17, 15) is 0 Å². The second-order valence-electron chi connectivity index (χ2n) is 6.02. The minimum atomic E-state index is -0.670. The average molecular weight is 299 g/mol. The zero-order chi connectivity index (χ0) is 14.6. The van der Waals surface area contributed by atoms with Crippen molar-refractivity contribution in [1.29, 1.82) is 0 Å². The summed E-state index contributed by atoms with van der Waals surface area (Å²) >= 11 is 5.84. The zero-order valence-corrected chi connectivity index (χ0v) is 13.2. The first kappa shape index (κ1) is 15.6. The van der Waals surface area contributed by atoms with Gasteiger partial charge in [-0.2, -0.15) is 0 Å². The molecule has 1 aliphatic heterocycles. The van der Waals surface area contributed by atoms with E-state index in [1.54, 1.807) is 7.11 Å². The summed E-state index contributed by atoms with van der Waals surface area (Å²) in [5, 5.41) is 0. The fourth-order valence-electron chi connectivity index (χ4n) is 2.31. The van der Waals surface area contributed by atoms with Crippen molar-refractivity contribution in [2.24, 2.45) is 5.41 Å². The maximum atomic E-state index is 6.12. The molecule has 2 rings (SSSR count). The Labute approximate surface area is 126 Å². The first-order valence-corrected chi connectivity index (χ1v) is 7.53. The van der Waals surface area contributed by atoms with E-state index in [-0.39, 0.29) is 5.41 Å². The number of hydrogen-bond donors (Lipinski definition) is 0. The number of halogens is 1. The summed E-state index contributed by atoms with van der Waals surface area (Å²) in [6.45, 7) is 5.65. The molecule has 0 atom stereocenters. The van der Waals surface area contributed by atoms with Gasteiger partial charge in [-0.3, -0.25) is 0 Å². The van der Waals surface area contributed by atoms with Crippen LogP contribution in [0.4, 0.5) is 0 Å². The molecule has 0 unspecified atom stereocenters. The highest BCUT2D eigenvalue weighted by Crippen LogP contribution is 2.40. The Bertz CT molecular complexity index is 418. The van der Waals surface area contributed by atoms with E-state index >= 15 is 0 Å². The van der Waals surface area contributed by atoms with Gasteiger partial charge in [-0.25, -0.2) is 0 Å². The molecule has 1 aromatic rings. The molecule has 0 aromatic heterocycles. The highest BCUT2D eigenvalue weighted by molar-refractivity contribution is 6.17. The predicted molar refractivity (Wildman–Crippen MR) is 80.3 cm³/mol. The van der Waals surface area contributed by atoms with Crippen LogP contribution >= 0.6 is 11.6 Å². The van der Waals surface area contributed by atoms with Crippen molar-refractivity contribution in [2.75, 3.05) is 26.2 Å². The van der Waals surface area contributed by atoms with Crippen LogP contribution < -0.4 is 4.74 Å². The van der Waals surface area contributed by atoms with Gasteiger partial charge in [0.05, 0.1) is 20.3 Å². The SMILES string of the molecule is COc1ccc(C2(CCCCl)OCC(C)(C)CO2)cc1. The number of alkyl halides is 1. The van der Waals surface area contributed by atoms with E-state index < -0.39 is 5.79 Å². The van der Waals surface area contributed by atoms with Gasteiger partial charge in [0.25, 0.3) is 0 Å². The summed E-state index contributed by atoms with van der Waals surface area (Å²) in [6.07, 6.45) is 1.62. The first-order valence-electron chi connectivity index (χ1n) is 7.00. The van der Waals surface area contributed by atoms with Crippen molar-refractivity contribution in [3.05, 3.63) is 29.8 Å². The van der Waals surface area contributed by atoms with E-state index in [0.29, 0.717) is 19.1 Å². The van der Waals surface area contributed by atoms with Crippen LogP contribution in [0.25, 0.3) is 0 Å². The molecule has 0 N–H and O–H groups in total. The van der Waals surface area contributed by atoms with Crippen LogP contribution in [0.3, 0.4) is 0 Å². The largest absolute Gasteiger partial charge is 0.497 e. The number of methoxy groups -OCH3 is 1. The average Bonchev–Trinajstić information content (AvgIpc) is 2.47. The van der Waals surface area contributed by atoms with Crippen LogP contribution in [-0.2, 0) is 15.3 Å². The molecule has 3 nitrogen and oxygen atoms in total. The molecular weight excluding hydrogens is 276 g/mol. The third-order valence-electron chi connectivity index (χ3n) is 3.56. The first-order chi connectivity index (χ1) is 9.51. The van der Waals surface area contributed by atoms with Gasteiger partial charge in [0, 0.05) is 23.3 Å². The second-order valence-corrected chi connectivity index (χ2v) is 6.39. The molecule has 0 bridgehead atoms. The molecule has 1 fully saturated rings. The van der Waals surface area contributed by atoms with Crippen molar-refractivity contribution in [3.63, 3.8) is 0 Å². The molecule has 0 radical (unpaired) electrons. The zero-order valence-electron chi connectivity index (χ0n) is 12.4. The lowest BCUT2D eigenvalue weighted by Crippen LogP contribution is -2.45. The van der Waals surface area contributed by atoms with E-state index in [1.807, 2.05) is 24.3 Å². The molecule has 4 heteroatoms. The Morgan fingerprint density at radius 1 is 1.15 bits per heavy atom. The number of rotatable bonds is 5. The molecule has 1 saturated heterocycles. The van der Waals surface area contributed by atoms with Crippen LogP contribution in [0.2, 0.25) is 0 Å². The third-order valence-corrected chi connectivity index (χ3v) is 3.83. The number of benzene rings is 1. The molecule has 0 amide bonds. The maximum Gasteiger partial charge on any atom is 0.194 e. The van der Waals surface area contributed by atoms with Gasteiger partial charge < -0.3 is 14.2 Å². The van der Waals surface area contributed by atoms with Crippen molar-refractivity contribution in [2.45, 2.75) is 32.5 Å². The maximum absolute atomic E-state index is 6.12. The molecule has 112 valence electrons. The molecule has 0 spiro atoms. The summed E-state index contributed by atoms with van der Waals surface area (Å²) in [4.78, 5) is 0. The van der Waals surface area contributed by atoms with Gasteiger partial charge in [-0.05, 0) is 30.7 Å². The molecule has 0 saturated carbocycles. The van der Waals surface area contributed by atoms with E-state index in [0.717, 1.165) is 24.2 Å². The molecule has 20 heavy (non-hydrogen) atoms. The minimum absolute atomic E-state index is 0.0525. The van der Waals surface area contributed by atoms with Crippen LogP contribution in [-0.4, -0.2) is 26.2 Å². The standard InChI is InChI=1S/C16H23ClO3/c1-15(2)11-19-16(20-12-15,9-4-10-17)13-5-7-14(18-3)8-6-13/h5-8H,4,9-12H2,1-3H3. The fraction of sp³-hybridized carbons (Fsp3) is 0.625. The number of ether oxygens (including phenoxy) is 3. The Balaban J connectivity index is 2.22. The quantitative estimate of drug-likeness (QED) is 0.771. The molecule has 1 aliphatic rings. The third kappa shape index (κ3) is 3.46. The Morgan fingerprint density at radius 2 is 1.75 bits per heavy atom. The van der Waals surface area contributed by atoms with Gasteiger partial charge in [-0.15, -0.1) is 11.6 Å². The van der Waals surface area contributed by atoms with Crippen LogP contribution in [0, 0.1) is 5.41 Å². The van der Waals surface area contributed by atoms with E-state index in [4.69, 9.17) is 25.8 Å². The van der Waals surface area contributed by atoms with Gasteiger partial charge in [0.2, 0.25) is 0 Å². The Kier molecular flexibility index (Phi) is 4.95. The Hall–Kier alpha value is -0.770. The molecule has 1 heterocycles. The summed E-state index contributed by atoms with van der Waals surface area (Å²) in [6, 6.07) is 7.88.